The summed E-state index contributed by atoms with van der Waals surface area (Å²) in [6.45, 7) is 3.23. The molecule has 2 heterocycles. The van der Waals surface area contributed by atoms with Crippen LogP contribution in [0.25, 0.3) is 5.65 Å². The van der Waals surface area contributed by atoms with Crippen LogP contribution in [0.2, 0.25) is 0 Å². The Morgan fingerprint density at radius 3 is 2.76 bits per heavy atom. The van der Waals surface area contributed by atoms with Crippen LogP contribution in [-0.2, 0) is 11.3 Å². The summed E-state index contributed by atoms with van der Waals surface area (Å²) in [6.07, 6.45) is 2.29. The number of carbonyl (C=O) groups is 2. The lowest BCUT2D eigenvalue weighted by Crippen LogP contribution is -2.24. The van der Waals surface area contributed by atoms with Crippen LogP contribution in [0.15, 0.2) is 23.1 Å². The average molecular weight is 232 g/mol. The zero-order chi connectivity index (χ0) is 12.6. The van der Waals surface area contributed by atoms with E-state index in [-0.39, 0.29) is 17.9 Å². The van der Waals surface area contributed by atoms with E-state index < -0.39 is 0 Å². The van der Waals surface area contributed by atoms with Gasteiger partial charge in [-0.3, -0.25) is 23.4 Å². The number of hydrogen-bond acceptors (Lipinski definition) is 3. The van der Waals surface area contributed by atoms with Gasteiger partial charge in [-0.25, -0.2) is 0 Å². The number of aryl methyl sites for hydroxylation is 1. The number of ketones is 1. The number of aldehydes is 1. The fraction of sp³-hybridized carbons (Fsp3) is 0.250. The highest BCUT2D eigenvalue weighted by Gasteiger charge is 2.11. The minimum absolute atomic E-state index is 0.0188. The van der Waals surface area contributed by atoms with E-state index in [0.29, 0.717) is 11.3 Å². The number of carbonyl (C=O) groups excluding carboxylic acids is 2. The van der Waals surface area contributed by atoms with Crippen LogP contribution in [0.1, 0.15) is 23.0 Å². The summed E-state index contributed by atoms with van der Waals surface area (Å²) in [4.78, 5) is 33.8. The highest BCUT2D eigenvalue weighted by molar-refractivity contribution is 5.79. The van der Waals surface area contributed by atoms with E-state index in [9.17, 15) is 14.4 Å². The highest BCUT2D eigenvalue weighted by Crippen LogP contribution is 2.12. The monoisotopic (exact) mass is 232 g/mol. The number of rotatable bonds is 3. The number of Topliss-reactive ketones (excluding diaryl/α,β-unsaturated/α-hetero) is 1. The van der Waals surface area contributed by atoms with Crippen LogP contribution < -0.4 is 5.56 Å². The quantitative estimate of drug-likeness (QED) is 0.736. The molecule has 0 aromatic carbocycles. The summed E-state index contributed by atoms with van der Waals surface area (Å²) in [5, 5.41) is 0. The number of hydrogen-bond donors (Lipinski definition) is 0. The Balaban J connectivity index is 2.82. The van der Waals surface area contributed by atoms with Gasteiger partial charge in [0, 0.05) is 12.3 Å². The molecular weight excluding hydrogens is 220 g/mol. The normalized spacial score (nSPS) is 10.7. The Labute approximate surface area is 97.3 Å². The van der Waals surface area contributed by atoms with Gasteiger partial charge < -0.3 is 0 Å². The summed E-state index contributed by atoms with van der Waals surface area (Å²) in [5.41, 5.74) is 1.59. The molecule has 0 unspecified atom stereocenters. The molecule has 0 N–H and O–H groups in total. The Morgan fingerprint density at radius 2 is 2.18 bits per heavy atom. The third-order valence-corrected chi connectivity index (χ3v) is 2.66. The van der Waals surface area contributed by atoms with Crippen molar-refractivity contribution in [1.29, 1.82) is 0 Å². The Morgan fingerprint density at radius 1 is 1.47 bits per heavy atom. The number of nitrogens with zero attached hydrogens (tertiary/aromatic N) is 2. The average Bonchev–Trinajstić information content (AvgIpc) is 2.58. The van der Waals surface area contributed by atoms with Crippen molar-refractivity contribution < 1.29 is 9.59 Å². The van der Waals surface area contributed by atoms with Crippen LogP contribution >= 0.6 is 0 Å². The van der Waals surface area contributed by atoms with E-state index in [1.807, 2.05) is 0 Å². The largest absolute Gasteiger partial charge is 0.299 e. The van der Waals surface area contributed by atoms with Crippen molar-refractivity contribution in [2.45, 2.75) is 20.4 Å². The van der Waals surface area contributed by atoms with E-state index in [2.05, 4.69) is 0 Å². The lowest BCUT2D eigenvalue weighted by atomic mass is 10.3. The van der Waals surface area contributed by atoms with Crippen LogP contribution in [-0.4, -0.2) is 21.0 Å². The first-order valence-electron chi connectivity index (χ1n) is 5.20. The molecule has 2 aromatic rings. The van der Waals surface area contributed by atoms with E-state index in [1.54, 1.807) is 23.6 Å². The van der Waals surface area contributed by atoms with Gasteiger partial charge in [0.15, 0.2) is 6.29 Å². The third kappa shape index (κ3) is 1.80. The summed E-state index contributed by atoms with van der Waals surface area (Å²) in [5.74, 6) is -0.105. The second-order valence-corrected chi connectivity index (χ2v) is 4.00. The van der Waals surface area contributed by atoms with Gasteiger partial charge in [-0.1, -0.05) is 0 Å². The fourth-order valence-corrected chi connectivity index (χ4v) is 1.89. The maximum atomic E-state index is 11.7. The van der Waals surface area contributed by atoms with Crippen LogP contribution in [0.3, 0.4) is 0 Å². The van der Waals surface area contributed by atoms with Crippen molar-refractivity contribution in [2.75, 3.05) is 0 Å². The molecule has 88 valence electrons. The Kier molecular flexibility index (Phi) is 2.67. The van der Waals surface area contributed by atoms with Crippen molar-refractivity contribution in [3.8, 4) is 0 Å². The topological polar surface area (TPSA) is 60.6 Å². The first kappa shape index (κ1) is 11.3. The fourth-order valence-electron chi connectivity index (χ4n) is 1.89. The molecule has 0 atom stereocenters. The van der Waals surface area contributed by atoms with Crippen molar-refractivity contribution >= 4 is 17.7 Å². The standard InChI is InChI=1S/C12H12N2O3/c1-8-5-11-13(10(8)7-15)4-3-12(17)14(11)6-9(2)16/h3-5,7H,6H2,1-2H3. The summed E-state index contributed by atoms with van der Waals surface area (Å²) in [6, 6.07) is 3.08. The van der Waals surface area contributed by atoms with Crippen LogP contribution in [0, 0.1) is 6.92 Å². The molecule has 0 bridgehead atoms. The second-order valence-electron chi connectivity index (χ2n) is 4.00. The minimum Gasteiger partial charge on any atom is -0.299 e. The Hall–Kier alpha value is -2.17. The number of fused-ring (bicyclic) bond motifs is 1. The van der Waals surface area contributed by atoms with Crippen molar-refractivity contribution in [1.82, 2.24) is 8.97 Å². The first-order valence-corrected chi connectivity index (χ1v) is 5.20. The molecule has 0 amide bonds. The molecule has 0 saturated heterocycles. The zero-order valence-corrected chi connectivity index (χ0v) is 9.64. The molecule has 0 aliphatic rings. The molecule has 17 heavy (non-hydrogen) atoms. The smallest absolute Gasteiger partial charge is 0.254 e. The van der Waals surface area contributed by atoms with E-state index in [1.165, 1.54) is 17.6 Å². The van der Waals surface area contributed by atoms with Gasteiger partial charge in [0.25, 0.3) is 5.56 Å². The molecule has 0 aliphatic heterocycles. The van der Waals surface area contributed by atoms with Crippen molar-refractivity contribution in [3.63, 3.8) is 0 Å². The molecule has 0 radical (unpaired) electrons. The molecule has 2 aromatic heterocycles. The first-order chi connectivity index (χ1) is 8.04. The van der Waals surface area contributed by atoms with Crippen molar-refractivity contribution in [2.24, 2.45) is 0 Å². The third-order valence-electron chi connectivity index (χ3n) is 2.66. The molecule has 2 rings (SSSR count). The van der Waals surface area contributed by atoms with Crippen LogP contribution in [0.4, 0.5) is 0 Å². The lowest BCUT2D eigenvalue weighted by Gasteiger charge is -2.06. The second kappa shape index (κ2) is 4.01. The lowest BCUT2D eigenvalue weighted by molar-refractivity contribution is -0.117. The van der Waals surface area contributed by atoms with Gasteiger partial charge >= 0.3 is 0 Å². The van der Waals surface area contributed by atoms with Gasteiger partial charge in [-0.15, -0.1) is 0 Å². The van der Waals surface area contributed by atoms with E-state index in [0.717, 1.165) is 11.8 Å². The SMILES string of the molecule is CC(=O)Cn1c(=O)ccn2c(C=O)c(C)cc12. The summed E-state index contributed by atoms with van der Waals surface area (Å²) in [7, 11) is 0. The van der Waals surface area contributed by atoms with E-state index >= 15 is 0 Å². The molecule has 5 heteroatoms. The van der Waals surface area contributed by atoms with Crippen molar-refractivity contribution in [3.05, 3.63) is 39.9 Å². The van der Waals surface area contributed by atoms with E-state index in [4.69, 9.17) is 0 Å². The molecule has 0 fully saturated rings. The highest BCUT2D eigenvalue weighted by atomic mass is 16.1. The minimum atomic E-state index is -0.248. The molecule has 0 saturated carbocycles. The number of aromatic nitrogens is 2. The Bertz CT molecular complexity index is 664. The van der Waals surface area contributed by atoms with Gasteiger partial charge in [-0.05, 0) is 25.5 Å². The predicted octanol–water partition coefficient (Wildman–Crippen LogP) is 0.811. The molecular formula is C12H12N2O3. The zero-order valence-electron chi connectivity index (χ0n) is 9.64. The van der Waals surface area contributed by atoms with Gasteiger partial charge in [0.05, 0.1) is 12.2 Å². The van der Waals surface area contributed by atoms with Gasteiger partial charge in [0.1, 0.15) is 11.4 Å². The molecule has 0 aliphatic carbocycles. The molecule has 0 spiro atoms. The van der Waals surface area contributed by atoms with Gasteiger partial charge in [-0.2, -0.15) is 0 Å². The maximum Gasteiger partial charge on any atom is 0.254 e. The van der Waals surface area contributed by atoms with Gasteiger partial charge in [0.2, 0.25) is 0 Å². The predicted molar refractivity (Wildman–Crippen MR) is 62.5 cm³/mol. The summed E-state index contributed by atoms with van der Waals surface area (Å²) < 4.78 is 2.98. The maximum absolute atomic E-state index is 11.7. The molecule has 5 nitrogen and oxygen atoms in total. The van der Waals surface area contributed by atoms with Crippen LogP contribution in [0.5, 0.6) is 0 Å². The summed E-state index contributed by atoms with van der Waals surface area (Å²) >= 11 is 0.